The molecule has 1 unspecified atom stereocenters. The van der Waals surface area contributed by atoms with Crippen LogP contribution in [0.3, 0.4) is 0 Å². The van der Waals surface area contributed by atoms with Crippen molar-refractivity contribution < 1.29 is 9.53 Å². The van der Waals surface area contributed by atoms with Gasteiger partial charge < -0.3 is 10.1 Å². The van der Waals surface area contributed by atoms with Gasteiger partial charge in [-0.2, -0.15) is 0 Å². The van der Waals surface area contributed by atoms with E-state index in [-0.39, 0.29) is 11.7 Å². The molecule has 3 nitrogen and oxygen atoms in total. The third-order valence-corrected chi connectivity index (χ3v) is 3.61. The highest BCUT2D eigenvalue weighted by Gasteiger charge is 2.21. The Morgan fingerprint density at radius 1 is 1.50 bits per heavy atom. The Bertz CT molecular complexity index is 429. The fourth-order valence-electron chi connectivity index (χ4n) is 2.45. The van der Waals surface area contributed by atoms with Crippen LogP contribution in [0.15, 0.2) is 18.2 Å². The summed E-state index contributed by atoms with van der Waals surface area (Å²) in [6.45, 7) is 4.47. The van der Waals surface area contributed by atoms with Gasteiger partial charge in [-0.1, -0.05) is 25.1 Å². The monoisotopic (exact) mass is 247 g/mol. The highest BCUT2D eigenvalue weighted by molar-refractivity contribution is 5.99. The molecular weight excluding hydrogens is 226 g/mol. The smallest absolute Gasteiger partial charge is 0.166 e. The zero-order valence-electron chi connectivity index (χ0n) is 11.2. The van der Waals surface area contributed by atoms with Gasteiger partial charge in [-0.15, -0.1) is 0 Å². The van der Waals surface area contributed by atoms with Crippen LogP contribution in [-0.4, -0.2) is 26.0 Å². The van der Waals surface area contributed by atoms with Gasteiger partial charge in [0.05, 0.1) is 0 Å². The maximum absolute atomic E-state index is 12.4. The second kappa shape index (κ2) is 6.12. The van der Waals surface area contributed by atoms with Gasteiger partial charge in [0.25, 0.3) is 0 Å². The number of methoxy groups -OCH3 is 1. The molecule has 0 saturated carbocycles. The topological polar surface area (TPSA) is 38.3 Å². The maximum Gasteiger partial charge on any atom is 0.166 e. The van der Waals surface area contributed by atoms with Gasteiger partial charge in [0.2, 0.25) is 0 Å². The number of hydrogen-bond acceptors (Lipinski definition) is 3. The molecule has 0 spiro atoms. The molecule has 0 amide bonds. The Kier molecular flexibility index (Phi) is 4.50. The fraction of sp³-hybridized carbons (Fsp3) is 0.533. The normalized spacial score (nSPS) is 16.1. The lowest BCUT2D eigenvalue weighted by Gasteiger charge is -2.21. The van der Waals surface area contributed by atoms with Crippen LogP contribution in [0.4, 0.5) is 0 Å². The number of ketones is 1. The number of hydrogen-bond donors (Lipinski definition) is 1. The van der Waals surface area contributed by atoms with Crippen LogP contribution in [0, 0.1) is 5.92 Å². The van der Waals surface area contributed by atoms with E-state index >= 15 is 0 Å². The molecule has 0 saturated heterocycles. The Hall–Kier alpha value is -1.19. The van der Waals surface area contributed by atoms with Crippen LogP contribution in [0.1, 0.15) is 34.8 Å². The van der Waals surface area contributed by atoms with Gasteiger partial charge in [0, 0.05) is 31.7 Å². The molecule has 1 aromatic carbocycles. The summed E-state index contributed by atoms with van der Waals surface area (Å²) in [7, 11) is 1.67. The van der Waals surface area contributed by atoms with Crippen LogP contribution in [0.2, 0.25) is 0 Å². The first-order chi connectivity index (χ1) is 8.74. The summed E-state index contributed by atoms with van der Waals surface area (Å²) >= 11 is 0. The second-order valence-electron chi connectivity index (χ2n) is 4.92. The van der Waals surface area contributed by atoms with Crippen LogP contribution < -0.4 is 5.32 Å². The van der Waals surface area contributed by atoms with Crippen molar-refractivity contribution in [3.8, 4) is 0 Å². The molecule has 0 fully saturated rings. The number of carbonyl (C=O) groups is 1. The number of carbonyl (C=O) groups excluding carboxylic acids is 1. The number of fused-ring (bicyclic) bond motifs is 1. The average molecular weight is 247 g/mol. The van der Waals surface area contributed by atoms with E-state index in [2.05, 4.69) is 11.4 Å². The maximum atomic E-state index is 12.4. The lowest BCUT2D eigenvalue weighted by atomic mass is 9.88. The van der Waals surface area contributed by atoms with E-state index < -0.39 is 0 Å². The highest BCUT2D eigenvalue weighted by Crippen LogP contribution is 2.22. The Balaban J connectivity index is 2.19. The van der Waals surface area contributed by atoms with E-state index in [9.17, 15) is 4.79 Å². The van der Waals surface area contributed by atoms with Crippen molar-refractivity contribution in [1.29, 1.82) is 0 Å². The molecular formula is C15H21NO2. The predicted molar refractivity (Wildman–Crippen MR) is 71.8 cm³/mol. The zero-order valence-corrected chi connectivity index (χ0v) is 11.2. The molecule has 0 aromatic heterocycles. The van der Waals surface area contributed by atoms with E-state index in [1.54, 1.807) is 7.11 Å². The minimum Gasteiger partial charge on any atom is -0.385 e. The summed E-state index contributed by atoms with van der Waals surface area (Å²) < 4.78 is 5.05. The van der Waals surface area contributed by atoms with Crippen molar-refractivity contribution in [2.45, 2.75) is 26.3 Å². The minimum atomic E-state index is 0.0336. The Labute approximate surface area is 109 Å². The van der Waals surface area contributed by atoms with Gasteiger partial charge in [-0.25, -0.2) is 0 Å². The Morgan fingerprint density at radius 2 is 2.33 bits per heavy atom. The number of rotatable bonds is 5. The van der Waals surface area contributed by atoms with E-state index in [1.165, 1.54) is 11.1 Å². The van der Waals surface area contributed by atoms with E-state index in [0.717, 1.165) is 31.5 Å². The van der Waals surface area contributed by atoms with Crippen LogP contribution >= 0.6 is 0 Å². The van der Waals surface area contributed by atoms with Gasteiger partial charge >= 0.3 is 0 Å². The molecule has 2 rings (SSSR count). The SMILES string of the molecule is COCCC(C)C(=O)c1cccc2c1CCNC2. The van der Waals surface area contributed by atoms with Gasteiger partial charge in [-0.05, 0) is 30.5 Å². The fourth-order valence-corrected chi connectivity index (χ4v) is 2.45. The molecule has 1 aliphatic heterocycles. The molecule has 0 bridgehead atoms. The molecule has 1 N–H and O–H groups in total. The summed E-state index contributed by atoms with van der Waals surface area (Å²) in [6, 6.07) is 6.07. The van der Waals surface area contributed by atoms with E-state index in [1.807, 2.05) is 19.1 Å². The van der Waals surface area contributed by atoms with Crippen molar-refractivity contribution in [3.05, 3.63) is 34.9 Å². The zero-order chi connectivity index (χ0) is 13.0. The molecule has 1 atom stereocenters. The summed E-state index contributed by atoms with van der Waals surface area (Å²) in [5.41, 5.74) is 3.43. The Morgan fingerprint density at radius 3 is 3.11 bits per heavy atom. The summed E-state index contributed by atoms with van der Waals surface area (Å²) in [6.07, 6.45) is 1.74. The van der Waals surface area contributed by atoms with Gasteiger partial charge in [0.1, 0.15) is 0 Å². The average Bonchev–Trinajstić information content (AvgIpc) is 2.43. The van der Waals surface area contributed by atoms with Crippen molar-refractivity contribution in [2.24, 2.45) is 5.92 Å². The van der Waals surface area contributed by atoms with E-state index in [4.69, 9.17) is 4.74 Å². The molecule has 18 heavy (non-hydrogen) atoms. The lowest BCUT2D eigenvalue weighted by molar-refractivity contribution is 0.0892. The first-order valence-corrected chi connectivity index (χ1v) is 6.58. The standard InChI is InChI=1S/C15H21NO2/c1-11(7-9-18-2)15(17)14-5-3-4-12-10-16-8-6-13(12)14/h3-5,11,16H,6-10H2,1-2H3. The van der Waals surface area contributed by atoms with Crippen molar-refractivity contribution in [1.82, 2.24) is 5.32 Å². The first-order valence-electron chi connectivity index (χ1n) is 6.58. The first kappa shape index (κ1) is 13.2. The molecule has 1 aliphatic rings. The summed E-state index contributed by atoms with van der Waals surface area (Å²) in [5, 5.41) is 3.34. The third-order valence-electron chi connectivity index (χ3n) is 3.61. The summed E-state index contributed by atoms with van der Waals surface area (Å²) in [4.78, 5) is 12.4. The largest absolute Gasteiger partial charge is 0.385 e. The molecule has 1 heterocycles. The highest BCUT2D eigenvalue weighted by atomic mass is 16.5. The van der Waals surface area contributed by atoms with Crippen LogP contribution in [-0.2, 0) is 17.7 Å². The number of Topliss-reactive ketones (excluding diaryl/α,β-unsaturated/α-hetero) is 1. The third kappa shape index (κ3) is 2.79. The second-order valence-corrected chi connectivity index (χ2v) is 4.92. The van der Waals surface area contributed by atoms with Crippen molar-refractivity contribution in [2.75, 3.05) is 20.3 Å². The number of ether oxygens (including phenoxy) is 1. The van der Waals surface area contributed by atoms with E-state index in [0.29, 0.717) is 6.61 Å². The van der Waals surface area contributed by atoms with Crippen molar-refractivity contribution in [3.63, 3.8) is 0 Å². The number of benzene rings is 1. The number of nitrogens with one attached hydrogen (secondary N) is 1. The van der Waals surface area contributed by atoms with Crippen LogP contribution in [0.25, 0.3) is 0 Å². The quantitative estimate of drug-likeness (QED) is 0.811. The van der Waals surface area contributed by atoms with Crippen LogP contribution in [0.5, 0.6) is 0 Å². The molecule has 3 heteroatoms. The minimum absolute atomic E-state index is 0.0336. The molecule has 0 radical (unpaired) electrons. The molecule has 1 aromatic rings. The van der Waals surface area contributed by atoms with Crippen molar-refractivity contribution >= 4 is 5.78 Å². The predicted octanol–water partition coefficient (Wildman–Crippen LogP) is 2.19. The van der Waals surface area contributed by atoms with Gasteiger partial charge in [0.15, 0.2) is 5.78 Å². The molecule has 0 aliphatic carbocycles. The molecule has 98 valence electrons. The lowest BCUT2D eigenvalue weighted by Crippen LogP contribution is -2.26. The van der Waals surface area contributed by atoms with Gasteiger partial charge in [-0.3, -0.25) is 4.79 Å². The summed E-state index contributed by atoms with van der Waals surface area (Å²) in [5.74, 6) is 0.289.